The Kier molecular flexibility index (Phi) is 3.85. The van der Waals surface area contributed by atoms with Gasteiger partial charge in [0.05, 0.1) is 19.8 Å². The molecule has 1 aliphatic heterocycles. The van der Waals surface area contributed by atoms with E-state index in [0.717, 1.165) is 22.4 Å². The summed E-state index contributed by atoms with van der Waals surface area (Å²) >= 11 is 0. The van der Waals surface area contributed by atoms with Crippen LogP contribution in [0.4, 0.5) is 5.69 Å². The van der Waals surface area contributed by atoms with E-state index in [4.69, 9.17) is 19.9 Å². The van der Waals surface area contributed by atoms with Crippen LogP contribution in [-0.4, -0.2) is 6.79 Å². The van der Waals surface area contributed by atoms with Crippen LogP contribution < -0.4 is 10.5 Å². The minimum atomic E-state index is 0.280. The summed E-state index contributed by atoms with van der Waals surface area (Å²) in [7, 11) is 0. The largest absolute Gasteiger partial charge is 0.467 e. The molecule has 4 nitrogen and oxygen atoms in total. The Morgan fingerprint density at radius 3 is 2.80 bits per heavy atom. The zero-order chi connectivity index (χ0) is 13.8. The van der Waals surface area contributed by atoms with E-state index in [1.54, 1.807) is 0 Å². The van der Waals surface area contributed by atoms with E-state index in [1.165, 1.54) is 0 Å². The molecule has 4 heteroatoms. The van der Waals surface area contributed by atoms with Gasteiger partial charge in [-0.3, -0.25) is 0 Å². The van der Waals surface area contributed by atoms with Crippen molar-refractivity contribution in [1.82, 2.24) is 0 Å². The van der Waals surface area contributed by atoms with Crippen molar-refractivity contribution in [2.24, 2.45) is 0 Å². The lowest BCUT2D eigenvalue weighted by molar-refractivity contribution is -0.0185. The molecule has 104 valence electrons. The topological polar surface area (TPSA) is 53.7 Å². The van der Waals surface area contributed by atoms with Crippen molar-refractivity contribution in [1.29, 1.82) is 0 Å². The number of benzene rings is 2. The van der Waals surface area contributed by atoms with Crippen molar-refractivity contribution >= 4 is 5.69 Å². The van der Waals surface area contributed by atoms with E-state index in [2.05, 4.69) is 0 Å². The van der Waals surface area contributed by atoms with E-state index < -0.39 is 0 Å². The lowest BCUT2D eigenvalue weighted by atomic mass is 10.1. The predicted octanol–water partition coefficient (Wildman–Crippen LogP) is 2.85. The Morgan fingerprint density at radius 2 is 1.95 bits per heavy atom. The molecule has 0 atom stereocenters. The smallest absolute Gasteiger partial charge is 0.189 e. The minimum absolute atomic E-state index is 0.280. The molecule has 2 aromatic rings. The van der Waals surface area contributed by atoms with Crippen LogP contribution in [0.1, 0.15) is 16.7 Å². The number of nitrogen functional groups attached to an aromatic ring is 1. The number of anilines is 1. The van der Waals surface area contributed by atoms with E-state index in [9.17, 15) is 0 Å². The predicted molar refractivity (Wildman–Crippen MR) is 76.1 cm³/mol. The fourth-order valence-electron chi connectivity index (χ4n) is 2.29. The van der Waals surface area contributed by atoms with Gasteiger partial charge in [-0.25, -0.2) is 0 Å². The van der Waals surface area contributed by atoms with Gasteiger partial charge >= 0.3 is 0 Å². The molecule has 0 amide bonds. The molecule has 0 bridgehead atoms. The zero-order valence-corrected chi connectivity index (χ0v) is 11.2. The molecule has 0 saturated heterocycles. The van der Waals surface area contributed by atoms with E-state index in [-0.39, 0.29) is 6.79 Å². The fraction of sp³-hybridized carbons (Fsp3) is 0.250. The third-order valence-corrected chi connectivity index (χ3v) is 3.18. The zero-order valence-electron chi connectivity index (χ0n) is 11.2. The number of rotatable bonds is 4. The Morgan fingerprint density at radius 1 is 1.10 bits per heavy atom. The summed E-state index contributed by atoms with van der Waals surface area (Å²) in [6.07, 6.45) is 0. The average Bonchev–Trinajstić information content (AvgIpc) is 2.48. The van der Waals surface area contributed by atoms with Gasteiger partial charge in [0.2, 0.25) is 0 Å². The Labute approximate surface area is 118 Å². The van der Waals surface area contributed by atoms with Gasteiger partial charge in [-0.2, -0.15) is 0 Å². The Balaban J connectivity index is 1.69. The molecule has 2 aromatic carbocycles. The molecule has 0 unspecified atom stereocenters. The normalized spacial score (nSPS) is 13.6. The van der Waals surface area contributed by atoms with Gasteiger partial charge < -0.3 is 19.9 Å². The summed E-state index contributed by atoms with van der Waals surface area (Å²) < 4.78 is 16.6. The summed E-state index contributed by atoms with van der Waals surface area (Å²) in [5, 5.41) is 0. The molecule has 0 radical (unpaired) electrons. The molecule has 0 saturated carbocycles. The maximum Gasteiger partial charge on any atom is 0.189 e. The van der Waals surface area contributed by atoms with Crippen molar-refractivity contribution in [2.75, 3.05) is 12.5 Å². The quantitative estimate of drug-likeness (QED) is 0.869. The second kappa shape index (κ2) is 5.94. The highest BCUT2D eigenvalue weighted by atomic mass is 16.7. The average molecular weight is 271 g/mol. The summed E-state index contributed by atoms with van der Waals surface area (Å²) in [4.78, 5) is 0. The molecule has 0 fully saturated rings. The third kappa shape index (κ3) is 2.92. The van der Waals surface area contributed by atoms with Crippen molar-refractivity contribution in [3.8, 4) is 5.75 Å². The first kappa shape index (κ1) is 13.0. The van der Waals surface area contributed by atoms with Gasteiger partial charge in [0, 0.05) is 16.8 Å². The SMILES string of the molecule is Nc1cc2c(c(COCc3ccccc3)c1)OCOC2. The first-order valence-electron chi connectivity index (χ1n) is 6.56. The third-order valence-electron chi connectivity index (χ3n) is 3.18. The van der Waals surface area contributed by atoms with Crippen molar-refractivity contribution < 1.29 is 14.2 Å². The highest BCUT2D eigenvalue weighted by Crippen LogP contribution is 2.31. The van der Waals surface area contributed by atoms with E-state index >= 15 is 0 Å². The maximum absolute atomic E-state index is 5.90. The molecule has 3 rings (SSSR count). The molecule has 2 N–H and O–H groups in total. The Hall–Kier alpha value is -2.04. The van der Waals surface area contributed by atoms with Crippen LogP contribution in [0.3, 0.4) is 0 Å². The standard InChI is InChI=1S/C16H17NO3/c17-15-6-13(16-14(7-15)10-19-11-20-16)9-18-8-12-4-2-1-3-5-12/h1-7H,8-11,17H2. The summed E-state index contributed by atoms with van der Waals surface area (Å²) in [6, 6.07) is 13.9. The molecular weight excluding hydrogens is 254 g/mol. The lowest BCUT2D eigenvalue weighted by Gasteiger charge is -2.21. The monoisotopic (exact) mass is 271 g/mol. The molecule has 1 aliphatic rings. The summed E-state index contributed by atoms with van der Waals surface area (Å²) in [5.74, 6) is 0.846. The Bertz CT molecular complexity index is 584. The summed E-state index contributed by atoms with van der Waals surface area (Å²) in [5.41, 5.74) is 9.70. The van der Waals surface area contributed by atoms with Gasteiger partial charge in [0.1, 0.15) is 5.75 Å². The molecular formula is C16H17NO3. The van der Waals surface area contributed by atoms with E-state index in [1.807, 2.05) is 42.5 Å². The van der Waals surface area contributed by atoms with Gasteiger partial charge in [-0.05, 0) is 17.7 Å². The highest BCUT2D eigenvalue weighted by Gasteiger charge is 2.16. The van der Waals surface area contributed by atoms with Gasteiger partial charge in [0.15, 0.2) is 6.79 Å². The van der Waals surface area contributed by atoms with Crippen molar-refractivity contribution in [3.05, 3.63) is 59.2 Å². The molecule has 0 aromatic heterocycles. The van der Waals surface area contributed by atoms with Crippen LogP contribution in [0.2, 0.25) is 0 Å². The van der Waals surface area contributed by atoms with Gasteiger partial charge in [-0.1, -0.05) is 30.3 Å². The maximum atomic E-state index is 5.90. The van der Waals surface area contributed by atoms with Crippen LogP contribution in [0.15, 0.2) is 42.5 Å². The number of hydrogen-bond donors (Lipinski definition) is 1. The molecule has 0 aliphatic carbocycles. The fourth-order valence-corrected chi connectivity index (χ4v) is 2.29. The van der Waals surface area contributed by atoms with Crippen LogP contribution in [0.5, 0.6) is 5.75 Å². The number of nitrogens with two attached hydrogens (primary N) is 1. The van der Waals surface area contributed by atoms with Crippen LogP contribution >= 0.6 is 0 Å². The van der Waals surface area contributed by atoms with E-state index in [0.29, 0.717) is 25.5 Å². The van der Waals surface area contributed by atoms with Crippen LogP contribution in [0, 0.1) is 0 Å². The van der Waals surface area contributed by atoms with Crippen molar-refractivity contribution in [3.63, 3.8) is 0 Å². The van der Waals surface area contributed by atoms with Crippen molar-refractivity contribution in [2.45, 2.75) is 19.8 Å². The first-order chi connectivity index (χ1) is 9.83. The molecule has 1 heterocycles. The number of hydrogen-bond acceptors (Lipinski definition) is 4. The second-order valence-electron chi connectivity index (χ2n) is 4.76. The highest BCUT2D eigenvalue weighted by molar-refractivity contribution is 5.53. The number of fused-ring (bicyclic) bond motifs is 1. The molecule has 0 spiro atoms. The van der Waals surface area contributed by atoms with Gasteiger partial charge in [0.25, 0.3) is 0 Å². The summed E-state index contributed by atoms with van der Waals surface area (Å²) in [6.45, 7) is 1.86. The lowest BCUT2D eigenvalue weighted by Crippen LogP contribution is -2.14. The first-order valence-corrected chi connectivity index (χ1v) is 6.56. The van der Waals surface area contributed by atoms with Gasteiger partial charge in [-0.15, -0.1) is 0 Å². The second-order valence-corrected chi connectivity index (χ2v) is 4.76. The minimum Gasteiger partial charge on any atom is -0.467 e. The van der Waals surface area contributed by atoms with Crippen LogP contribution in [-0.2, 0) is 29.3 Å². The van der Waals surface area contributed by atoms with Crippen LogP contribution in [0.25, 0.3) is 0 Å². The number of ether oxygens (including phenoxy) is 3. The molecule has 20 heavy (non-hydrogen) atoms.